The molecule has 0 fully saturated rings. The number of hydrogen-bond acceptors (Lipinski definition) is 3. The predicted octanol–water partition coefficient (Wildman–Crippen LogP) is 1.70. The minimum absolute atomic E-state index is 0.0389. The third-order valence-corrected chi connectivity index (χ3v) is 2.38. The fourth-order valence-corrected chi connectivity index (χ4v) is 1.18. The summed E-state index contributed by atoms with van der Waals surface area (Å²) in [6, 6.07) is 5.94. The summed E-state index contributed by atoms with van der Waals surface area (Å²) in [6.45, 7) is 5.67. The first-order chi connectivity index (χ1) is 7.32. The number of rotatable bonds is 2. The van der Waals surface area contributed by atoms with E-state index in [2.05, 4.69) is 5.32 Å². The molecule has 0 aromatic heterocycles. The molecule has 4 nitrogen and oxygen atoms in total. The number of benzene rings is 1. The third-order valence-electron chi connectivity index (χ3n) is 2.38. The maximum Gasteiger partial charge on any atom is 0.241 e. The Morgan fingerprint density at radius 3 is 2.44 bits per heavy atom. The Morgan fingerprint density at radius 1 is 1.38 bits per heavy atom. The van der Waals surface area contributed by atoms with E-state index >= 15 is 0 Å². The first-order valence-electron chi connectivity index (χ1n) is 5.17. The summed E-state index contributed by atoms with van der Waals surface area (Å²) in [5.74, 6) is -0.258. The summed E-state index contributed by atoms with van der Waals surface area (Å²) in [6.07, 6.45) is 0. The maximum atomic E-state index is 11.8. The molecule has 0 aliphatic heterocycles. The standard InChI is InChI=1S/C12H18N2O2/c1-12(2,3)10(13)11(16)14-8-6-4-5-7-9(8)15/h4-7,10,15H,13H2,1-3H3,(H,14,16). The van der Waals surface area contributed by atoms with Crippen molar-refractivity contribution >= 4 is 11.6 Å². The first-order valence-corrected chi connectivity index (χ1v) is 5.17. The molecule has 4 heteroatoms. The van der Waals surface area contributed by atoms with Gasteiger partial charge in [0.25, 0.3) is 0 Å². The molecule has 0 heterocycles. The third kappa shape index (κ3) is 2.97. The van der Waals surface area contributed by atoms with E-state index in [1.54, 1.807) is 18.2 Å². The number of nitrogens with two attached hydrogens (primary N) is 1. The van der Waals surface area contributed by atoms with Gasteiger partial charge in [-0.2, -0.15) is 0 Å². The summed E-state index contributed by atoms with van der Waals surface area (Å²) < 4.78 is 0. The number of phenolic OH excluding ortho intramolecular Hbond substituents is 1. The van der Waals surface area contributed by atoms with E-state index in [9.17, 15) is 9.90 Å². The molecule has 0 saturated heterocycles. The first kappa shape index (κ1) is 12.5. The number of hydrogen-bond donors (Lipinski definition) is 3. The second kappa shape index (κ2) is 4.53. The zero-order valence-corrected chi connectivity index (χ0v) is 9.82. The molecule has 0 radical (unpaired) electrons. The Kier molecular flexibility index (Phi) is 3.55. The number of nitrogens with one attached hydrogen (secondary N) is 1. The van der Waals surface area contributed by atoms with E-state index in [-0.39, 0.29) is 17.1 Å². The molecule has 0 saturated carbocycles. The topological polar surface area (TPSA) is 75.4 Å². The fourth-order valence-electron chi connectivity index (χ4n) is 1.18. The second-order valence-electron chi connectivity index (χ2n) is 4.85. The van der Waals surface area contributed by atoms with Crippen LogP contribution in [0, 0.1) is 5.41 Å². The van der Waals surface area contributed by atoms with Crippen molar-refractivity contribution in [3.8, 4) is 5.75 Å². The van der Waals surface area contributed by atoms with Crippen molar-refractivity contribution in [2.75, 3.05) is 5.32 Å². The number of amides is 1. The van der Waals surface area contributed by atoms with Crippen molar-refractivity contribution in [3.05, 3.63) is 24.3 Å². The van der Waals surface area contributed by atoms with Crippen LogP contribution in [-0.2, 0) is 4.79 Å². The lowest BCUT2D eigenvalue weighted by atomic mass is 9.87. The normalized spacial score (nSPS) is 13.2. The molecule has 88 valence electrons. The maximum absolute atomic E-state index is 11.8. The van der Waals surface area contributed by atoms with Crippen LogP contribution in [-0.4, -0.2) is 17.1 Å². The molecular weight excluding hydrogens is 204 g/mol. The Bertz CT molecular complexity index is 383. The van der Waals surface area contributed by atoms with Crippen molar-refractivity contribution in [1.29, 1.82) is 0 Å². The molecule has 1 atom stereocenters. The second-order valence-corrected chi connectivity index (χ2v) is 4.85. The summed E-state index contributed by atoms with van der Waals surface area (Å²) in [7, 11) is 0. The van der Waals surface area contributed by atoms with Gasteiger partial charge in [-0.25, -0.2) is 0 Å². The molecule has 0 spiro atoms. The highest BCUT2D eigenvalue weighted by molar-refractivity contribution is 5.96. The summed E-state index contributed by atoms with van der Waals surface area (Å²) in [5.41, 5.74) is 5.87. The zero-order valence-electron chi connectivity index (χ0n) is 9.82. The number of phenols is 1. The van der Waals surface area contributed by atoms with Crippen LogP contribution in [0.5, 0.6) is 5.75 Å². The van der Waals surface area contributed by atoms with Crippen molar-refractivity contribution in [1.82, 2.24) is 0 Å². The summed E-state index contributed by atoms with van der Waals surface area (Å²) in [5, 5.41) is 12.1. The van der Waals surface area contributed by atoms with E-state index in [0.717, 1.165) is 0 Å². The SMILES string of the molecule is CC(C)(C)C(N)C(=O)Nc1ccccc1O. The minimum atomic E-state index is -0.618. The van der Waals surface area contributed by atoms with Crippen molar-refractivity contribution in [3.63, 3.8) is 0 Å². The Balaban J connectivity index is 2.76. The van der Waals surface area contributed by atoms with Crippen molar-refractivity contribution in [2.45, 2.75) is 26.8 Å². The highest BCUT2D eigenvalue weighted by Gasteiger charge is 2.27. The zero-order chi connectivity index (χ0) is 12.3. The van der Waals surface area contributed by atoms with Crippen molar-refractivity contribution in [2.24, 2.45) is 11.1 Å². The molecule has 0 aliphatic rings. The fraction of sp³-hybridized carbons (Fsp3) is 0.417. The van der Waals surface area contributed by atoms with E-state index in [1.807, 2.05) is 20.8 Å². The Hall–Kier alpha value is -1.55. The van der Waals surface area contributed by atoms with Gasteiger partial charge >= 0.3 is 0 Å². The van der Waals surface area contributed by atoms with E-state index in [4.69, 9.17) is 5.73 Å². The van der Waals surface area contributed by atoms with Crippen LogP contribution in [0.15, 0.2) is 24.3 Å². The number of para-hydroxylation sites is 2. The predicted molar refractivity (Wildman–Crippen MR) is 64.2 cm³/mol. The van der Waals surface area contributed by atoms with Gasteiger partial charge < -0.3 is 16.2 Å². The van der Waals surface area contributed by atoms with Gasteiger partial charge in [0.2, 0.25) is 5.91 Å². The largest absolute Gasteiger partial charge is 0.506 e. The molecule has 16 heavy (non-hydrogen) atoms. The van der Waals surface area contributed by atoms with Gasteiger partial charge in [0.15, 0.2) is 0 Å². The lowest BCUT2D eigenvalue weighted by Gasteiger charge is -2.25. The van der Waals surface area contributed by atoms with E-state index in [1.165, 1.54) is 6.07 Å². The Labute approximate surface area is 95.5 Å². The lowest BCUT2D eigenvalue weighted by Crippen LogP contribution is -2.45. The van der Waals surface area contributed by atoms with Crippen LogP contribution in [0.4, 0.5) is 5.69 Å². The van der Waals surface area contributed by atoms with E-state index in [0.29, 0.717) is 5.69 Å². The van der Waals surface area contributed by atoms with Gasteiger partial charge in [-0.1, -0.05) is 32.9 Å². The number of anilines is 1. The molecule has 1 aromatic carbocycles. The quantitative estimate of drug-likeness (QED) is 0.667. The van der Waals surface area contributed by atoms with E-state index < -0.39 is 6.04 Å². The molecule has 0 bridgehead atoms. The monoisotopic (exact) mass is 222 g/mol. The molecule has 1 aromatic rings. The summed E-state index contributed by atoms with van der Waals surface area (Å²) in [4.78, 5) is 11.8. The highest BCUT2D eigenvalue weighted by Crippen LogP contribution is 2.23. The van der Waals surface area contributed by atoms with Gasteiger partial charge in [-0.3, -0.25) is 4.79 Å². The highest BCUT2D eigenvalue weighted by atomic mass is 16.3. The average molecular weight is 222 g/mol. The minimum Gasteiger partial charge on any atom is -0.506 e. The molecule has 0 aliphatic carbocycles. The van der Waals surface area contributed by atoms with Crippen LogP contribution >= 0.6 is 0 Å². The molecule has 1 amide bonds. The van der Waals surface area contributed by atoms with Crippen molar-refractivity contribution < 1.29 is 9.90 Å². The van der Waals surface area contributed by atoms with Gasteiger partial charge in [0.1, 0.15) is 5.75 Å². The Morgan fingerprint density at radius 2 is 1.94 bits per heavy atom. The van der Waals surface area contributed by atoms with Crippen LogP contribution in [0.2, 0.25) is 0 Å². The smallest absolute Gasteiger partial charge is 0.241 e. The average Bonchev–Trinajstić information content (AvgIpc) is 2.19. The molecular formula is C12H18N2O2. The number of carbonyl (C=O) groups excluding carboxylic acids is 1. The van der Waals surface area contributed by atoms with Gasteiger partial charge in [-0.05, 0) is 17.5 Å². The molecule has 1 unspecified atom stereocenters. The van der Waals surface area contributed by atoms with Crippen LogP contribution in [0.25, 0.3) is 0 Å². The summed E-state index contributed by atoms with van der Waals surface area (Å²) >= 11 is 0. The lowest BCUT2D eigenvalue weighted by molar-refractivity contribution is -0.119. The number of carbonyl (C=O) groups is 1. The van der Waals surface area contributed by atoms with Gasteiger partial charge in [0.05, 0.1) is 11.7 Å². The van der Waals surface area contributed by atoms with Crippen LogP contribution < -0.4 is 11.1 Å². The van der Waals surface area contributed by atoms with Crippen LogP contribution in [0.1, 0.15) is 20.8 Å². The van der Waals surface area contributed by atoms with Gasteiger partial charge in [0, 0.05) is 0 Å². The molecule has 1 rings (SSSR count). The van der Waals surface area contributed by atoms with Crippen LogP contribution in [0.3, 0.4) is 0 Å². The molecule has 4 N–H and O–H groups in total. The number of aromatic hydroxyl groups is 1. The van der Waals surface area contributed by atoms with Gasteiger partial charge in [-0.15, -0.1) is 0 Å².